The smallest absolute Gasteiger partial charge is 0.324 e. The van der Waals surface area contributed by atoms with Crippen molar-refractivity contribution in [2.24, 2.45) is 24.3 Å². The van der Waals surface area contributed by atoms with Crippen LogP contribution in [0.2, 0.25) is 0 Å². The number of hydrazine groups is 1. The van der Waals surface area contributed by atoms with Crippen LogP contribution in [-0.2, 0) is 56.7 Å². The maximum Gasteiger partial charge on any atom is 0.324 e. The molecule has 0 spiro atoms. The molecule has 8 rings (SSSR count). The summed E-state index contributed by atoms with van der Waals surface area (Å²) >= 11 is 1.43. The van der Waals surface area contributed by atoms with Crippen molar-refractivity contribution in [2.75, 3.05) is 40.4 Å². The standard InChI is InChI=1S/C49H64N10O6S/c1-10-58-40-16-15-33-20-35(40)36(44(58)34-13-11-17-50-42(34)30(4)64-9)22-49(5,6)28-65-47(62)37-14-12-18-59(54-37)46(61)38(21-41-52-39(33)27-66-41)53-45(60)43(29(2)3)56(8)48(63)57-25-32(26-57)19-31-23-51-55(7)24-31/h11,13,15-17,20,23-24,27,29-30,32,37-38,43,54H,10,12,14,18-19,21-22,25-26,28H2,1-9H3,(H,53,60)/t30-,37-,38-,43?/m0/s1. The van der Waals surface area contributed by atoms with Crippen molar-refractivity contribution in [2.45, 2.75) is 104 Å². The zero-order chi connectivity index (χ0) is 47.0. The molecule has 2 saturated heterocycles. The van der Waals surface area contributed by atoms with Crippen LogP contribution in [0.15, 0.2) is 54.3 Å². The van der Waals surface area contributed by atoms with E-state index in [2.05, 4.69) is 65.4 Å². The summed E-state index contributed by atoms with van der Waals surface area (Å²) in [5.41, 5.74) is 10.5. The van der Waals surface area contributed by atoms with Crippen LogP contribution in [0.1, 0.15) is 82.3 Å². The van der Waals surface area contributed by atoms with E-state index in [1.54, 1.807) is 29.9 Å². The van der Waals surface area contributed by atoms with Crippen LogP contribution in [0.4, 0.5) is 4.79 Å². The molecule has 3 aliphatic rings. The Morgan fingerprint density at radius 3 is 2.65 bits per heavy atom. The van der Waals surface area contributed by atoms with E-state index >= 15 is 0 Å². The number of fused-ring (bicyclic) bond motifs is 6. The highest BCUT2D eigenvalue weighted by atomic mass is 32.1. The van der Waals surface area contributed by atoms with Crippen LogP contribution >= 0.6 is 11.3 Å². The number of nitrogens with zero attached hydrogens (tertiary/aromatic N) is 8. The average Bonchev–Trinajstić information content (AvgIpc) is 4.01. The van der Waals surface area contributed by atoms with Gasteiger partial charge in [-0.3, -0.25) is 29.1 Å². The molecule has 17 heteroatoms. The summed E-state index contributed by atoms with van der Waals surface area (Å²) in [5.74, 6) is -1.23. The lowest BCUT2D eigenvalue weighted by Gasteiger charge is -2.43. The van der Waals surface area contributed by atoms with E-state index in [9.17, 15) is 19.2 Å². The van der Waals surface area contributed by atoms with E-state index in [1.807, 2.05) is 51.7 Å². The van der Waals surface area contributed by atoms with Crippen molar-refractivity contribution in [3.05, 3.63) is 76.1 Å². The van der Waals surface area contributed by atoms with Gasteiger partial charge >= 0.3 is 12.0 Å². The number of hydrogen-bond acceptors (Lipinski definition) is 11. The highest BCUT2D eigenvalue weighted by molar-refractivity contribution is 7.10. The van der Waals surface area contributed by atoms with Crippen LogP contribution in [-0.4, -0.2) is 121 Å². The number of aryl methyl sites for hydroxylation is 2. The number of likely N-dealkylation sites (N-methyl/N-ethyl adjacent to an activating group) is 1. The number of methoxy groups -OCH3 is 1. The molecule has 0 saturated carbocycles. The second-order valence-electron chi connectivity index (χ2n) is 19.4. The monoisotopic (exact) mass is 920 g/mol. The van der Waals surface area contributed by atoms with Crippen LogP contribution in [0, 0.1) is 17.3 Å². The summed E-state index contributed by atoms with van der Waals surface area (Å²) in [6.45, 7) is 14.5. The van der Waals surface area contributed by atoms with Gasteiger partial charge in [0.2, 0.25) is 5.91 Å². The molecule has 66 heavy (non-hydrogen) atoms. The maximum atomic E-state index is 14.6. The Bertz CT molecular complexity index is 2590. The summed E-state index contributed by atoms with van der Waals surface area (Å²) in [7, 11) is 5.23. The number of hydrogen-bond donors (Lipinski definition) is 2. The van der Waals surface area contributed by atoms with E-state index < -0.39 is 41.3 Å². The second kappa shape index (κ2) is 19.3. The van der Waals surface area contributed by atoms with Gasteiger partial charge in [0, 0.05) is 99.0 Å². The molecule has 0 radical (unpaired) electrons. The number of ether oxygens (including phenoxy) is 2. The highest BCUT2D eigenvalue weighted by Gasteiger charge is 2.40. The van der Waals surface area contributed by atoms with Crippen molar-refractivity contribution in [1.82, 2.24) is 49.9 Å². The van der Waals surface area contributed by atoms with Gasteiger partial charge in [-0.25, -0.2) is 15.2 Å². The van der Waals surface area contributed by atoms with E-state index in [1.165, 1.54) is 21.2 Å². The van der Waals surface area contributed by atoms with Crippen molar-refractivity contribution in [3.63, 3.8) is 0 Å². The molecule has 352 valence electrons. The second-order valence-corrected chi connectivity index (χ2v) is 20.3. The first-order valence-corrected chi connectivity index (χ1v) is 24.1. The molecular weight excluding hydrogens is 857 g/mol. The van der Waals surface area contributed by atoms with Crippen molar-refractivity contribution in [3.8, 4) is 22.5 Å². The number of esters is 1. The predicted octanol–water partition coefficient (Wildman–Crippen LogP) is 6.19. The molecule has 16 nitrogen and oxygen atoms in total. The SMILES string of the molecule is CCn1c(-c2cccnc2[C@H](C)OC)c2c3cc(ccc31)-c1csc(n1)C[C@H](NC(=O)C(C(C)C)N(C)C(=O)N1CC(Cc3cnn(C)c3)C1)C(=O)N1CCC[C@H](N1)C(=O)OCC(C)(C)C2. The number of carbonyl (C=O) groups excluding carboxylic acids is 4. The molecule has 1 unspecified atom stereocenters. The number of aromatic nitrogens is 5. The number of carbonyl (C=O) groups is 4. The molecule has 3 aliphatic heterocycles. The number of nitrogens with one attached hydrogen (secondary N) is 2. The molecule has 4 aromatic heterocycles. The Kier molecular flexibility index (Phi) is 13.7. The normalized spacial score (nSPS) is 20.2. The fourth-order valence-corrected chi connectivity index (χ4v) is 10.7. The quantitative estimate of drug-likeness (QED) is 0.154. The van der Waals surface area contributed by atoms with Gasteiger partial charge < -0.3 is 29.2 Å². The van der Waals surface area contributed by atoms with Gasteiger partial charge in [0.25, 0.3) is 5.91 Å². The summed E-state index contributed by atoms with van der Waals surface area (Å²) in [4.78, 5) is 70.0. The Morgan fingerprint density at radius 1 is 1.15 bits per heavy atom. The molecule has 0 aliphatic carbocycles. The minimum Gasteiger partial charge on any atom is -0.464 e. The molecule has 1 aromatic carbocycles. The minimum atomic E-state index is -1.05. The Hall–Kier alpha value is -5.65. The Balaban J connectivity index is 1.12. The van der Waals surface area contributed by atoms with Gasteiger partial charge in [-0.2, -0.15) is 5.10 Å². The van der Waals surface area contributed by atoms with Crippen molar-refractivity contribution < 1.29 is 28.7 Å². The number of amides is 4. The van der Waals surface area contributed by atoms with Crippen molar-refractivity contribution >= 4 is 46.1 Å². The van der Waals surface area contributed by atoms with E-state index in [4.69, 9.17) is 19.4 Å². The topological polar surface area (TPSA) is 169 Å². The minimum absolute atomic E-state index is 0.104. The zero-order valence-corrected chi connectivity index (χ0v) is 40.5. The lowest BCUT2D eigenvalue weighted by Crippen LogP contribution is -2.63. The molecule has 2 N–H and O–H groups in total. The number of cyclic esters (lactones) is 1. The third-order valence-electron chi connectivity index (χ3n) is 13.3. The molecule has 5 aromatic rings. The van der Waals surface area contributed by atoms with Crippen LogP contribution < -0.4 is 10.7 Å². The van der Waals surface area contributed by atoms with Gasteiger partial charge in [-0.1, -0.05) is 33.8 Å². The lowest BCUT2D eigenvalue weighted by molar-refractivity contribution is -0.155. The molecule has 7 heterocycles. The van der Waals surface area contributed by atoms with Crippen LogP contribution in [0.5, 0.6) is 0 Å². The summed E-state index contributed by atoms with van der Waals surface area (Å²) < 4.78 is 16.0. The lowest BCUT2D eigenvalue weighted by atomic mass is 9.84. The van der Waals surface area contributed by atoms with Gasteiger partial charge in [0.05, 0.1) is 41.0 Å². The molecule has 6 bridgehead atoms. The highest BCUT2D eigenvalue weighted by Crippen LogP contribution is 2.42. The summed E-state index contributed by atoms with van der Waals surface area (Å²) in [6, 6.07) is 7.55. The fraction of sp³-hybridized carbons (Fsp3) is 0.531. The maximum absolute atomic E-state index is 14.6. The number of urea groups is 1. The number of thiazole rings is 1. The molecular formula is C49H64N10O6S. The first kappa shape index (κ1) is 46.9. The average molecular weight is 921 g/mol. The van der Waals surface area contributed by atoms with Gasteiger partial charge in [-0.15, -0.1) is 11.3 Å². The zero-order valence-electron chi connectivity index (χ0n) is 39.7. The van der Waals surface area contributed by atoms with Gasteiger partial charge in [0.15, 0.2) is 0 Å². The third kappa shape index (κ3) is 9.61. The summed E-state index contributed by atoms with van der Waals surface area (Å²) in [6.07, 6.45) is 7.94. The molecule has 4 atom stereocenters. The number of rotatable bonds is 10. The van der Waals surface area contributed by atoms with E-state index in [0.717, 1.165) is 56.7 Å². The van der Waals surface area contributed by atoms with Gasteiger partial charge in [0.1, 0.15) is 18.1 Å². The molecule has 2 fully saturated rings. The molecule has 4 amide bonds. The first-order valence-electron chi connectivity index (χ1n) is 23.2. The van der Waals surface area contributed by atoms with Crippen LogP contribution in [0.25, 0.3) is 33.4 Å². The van der Waals surface area contributed by atoms with Crippen LogP contribution in [0.3, 0.4) is 0 Å². The summed E-state index contributed by atoms with van der Waals surface area (Å²) in [5, 5.41) is 12.5. The van der Waals surface area contributed by atoms with E-state index in [0.29, 0.717) is 56.4 Å². The third-order valence-corrected chi connectivity index (χ3v) is 14.2. The van der Waals surface area contributed by atoms with Gasteiger partial charge in [-0.05, 0) is 86.8 Å². The fourth-order valence-electron chi connectivity index (χ4n) is 9.85. The Morgan fingerprint density at radius 2 is 1.94 bits per heavy atom. The Labute approximate surface area is 391 Å². The van der Waals surface area contributed by atoms with E-state index in [-0.39, 0.29) is 31.1 Å². The number of pyridine rings is 1. The first-order chi connectivity index (χ1) is 31.5. The largest absolute Gasteiger partial charge is 0.464 e. The number of likely N-dealkylation sites (tertiary alicyclic amines) is 1. The van der Waals surface area contributed by atoms with Crippen molar-refractivity contribution in [1.29, 1.82) is 0 Å². The number of benzene rings is 1. The predicted molar refractivity (Wildman–Crippen MR) is 253 cm³/mol.